The van der Waals surface area contributed by atoms with Gasteiger partial charge in [0.05, 0.1) is 6.04 Å². The lowest BCUT2D eigenvalue weighted by Crippen LogP contribution is -2.41. The fourth-order valence-corrected chi connectivity index (χ4v) is 4.04. The molecule has 4 nitrogen and oxygen atoms in total. The van der Waals surface area contributed by atoms with Crippen molar-refractivity contribution in [1.29, 1.82) is 0 Å². The minimum absolute atomic E-state index is 0.0964. The molecule has 4 rings (SSSR count). The molecule has 1 atom stereocenters. The van der Waals surface area contributed by atoms with E-state index in [0.29, 0.717) is 0 Å². The fraction of sp³-hybridized carbons (Fsp3) is 0.348. The van der Waals surface area contributed by atoms with Crippen LogP contribution in [0, 0.1) is 0 Å². The van der Waals surface area contributed by atoms with Crippen molar-refractivity contribution < 1.29 is 4.79 Å². The summed E-state index contributed by atoms with van der Waals surface area (Å²) in [5.74, 6) is 0.212. The van der Waals surface area contributed by atoms with Gasteiger partial charge in [-0.2, -0.15) is 0 Å². The number of carbonyl (C=O) groups excluding carboxylic acids is 1. The van der Waals surface area contributed by atoms with E-state index >= 15 is 0 Å². The Balaban J connectivity index is 1.42. The molecule has 1 fully saturated rings. The summed E-state index contributed by atoms with van der Waals surface area (Å²) in [5.41, 5.74) is 3.19. The number of hydrogen-bond donors (Lipinski definition) is 1. The van der Waals surface area contributed by atoms with Crippen molar-refractivity contribution in [2.75, 3.05) is 26.2 Å². The fourth-order valence-electron chi connectivity index (χ4n) is 4.04. The molecule has 0 aliphatic carbocycles. The molecule has 1 aliphatic heterocycles. The van der Waals surface area contributed by atoms with Crippen molar-refractivity contribution >= 4 is 16.7 Å². The standard InChI is InChI=1S/C23H27N3O/c1-18(23(27)21-16-24-22-11-6-5-10-20(21)22)26-13-7-12-25(14-15-26)17-19-8-3-2-4-9-19/h2-6,8-11,16,18,24H,7,12-15,17H2,1H3. The second-order valence-electron chi connectivity index (χ2n) is 7.44. The first-order valence-corrected chi connectivity index (χ1v) is 9.83. The maximum absolute atomic E-state index is 13.1. The number of nitrogens with one attached hydrogen (secondary N) is 1. The topological polar surface area (TPSA) is 39.3 Å². The van der Waals surface area contributed by atoms with Gasteiger partial charge < -0.3 is 4.98 Å². The van der Waals surface area contributed by atoms with Gasteiger partial charge in [0.25, 0.3) is 0 Å². The van der Waals surface area contributed by atoms with Crippen molar-refractivity contribution in [2.24, 2.45) is 0 Å². The number of benzene rings is 2. The van der Waals surface area contributed by atoms with Gasteiger partial charge in [0.15, 0.2) is 5.78 Å². The molecule has 4 heteroatoms. The number of aromatic amines is 1. The van der Waals surface area contributed by atoms with Crippen molar-refractivity contribution in [2.45, 2.75) is 25.9 Å². The van der Waals surface area contributed by atoms with Crippen LogP contribution in [0.2, 0.25) is 0 Å². The van der Waals surface area contributed by atoms with Gasteiger partial charge in [0, 0.05) is 48.8 Å². The van der Waals surface area contributed by atoms with Crippen molar-refractivity contribution in [3.05, 3.63) is 71.9 Å². The second kappa shape index (κ2) is 8.07. The molecule has 1 N–H and O–H groups in total. The smallest absolute Gasteiger partial charge is 0.181 e. The molecular formula is C23H27N3O. The molecule has 2 aromatic carbocycles. The number of Topliss-reactive ketones (excluding diaryl/α,β-unsaturated/α-hetero) is 1. The zero-order valence-corrected chi connectivity index (χ0v) is 15.9. The Morgan fingerprint density at radius 1 is 1.00 bits per heavy atom. The van der Waals surface area contributed by atoms with E-state index in [1.165, 1.54) is 5.56 Å². The predicted molar refractivity (Wildman–Crippen MR) is 110 cm³/mol. The Hall–Kier alpha value is -2.43. The largest absolute Gasteiger partial charge is 0.360 e. The summed E-state index contributed by atoms with van der Waals surface area (Å²) < 4.78 is 0. The number of aromatic nitrogens is 1. The van der Waals surface area contributed by atoms with Crippen LogP contribution in [0.25, 0.3) is 10.9 Å². The first-order chi connectivity index (χ1) is 13.2. The summed E-state index contributed by atoms with van der Waals surface area (Å²) in [6.07, 6.45) is 2.96. The Morgan fingerprint density at radius 2 is 1.78 bits per heavy atom. The maximum atomic E-state index is 13.1. The van der Waals surface area contributed by atoms with Crippen LogP contribution < -0.4 is 0 Å². The van der Waals surface area contributed by atoms with Gasteiger partial charge in [-0.15, -0.1) is 0 Å². The van der Waals surface area contributed by atoms with Gasteiger partial charge in [-0.1, -0.05) is 48.5 Å². The third kappa shape index (κ3) is 3.97. The highest BCUT2D eigenvalue weighted by Gasteiger charge is 2.26. The third-order valence-corrected chi connectivity index (χ3v) is 5.65. The van der Waals surface area contributed by atoms with Crippen molar-refractivity contribution in [3.8, 4) is 0 Å². The van der Waals surface area contributed by atoms with Gasteiger partial charge in [0.2, 0.25) is 0 Å². The van der Waals surface area contributed by atoms with Crippen LogP contribution in [0.5, 0.6) is 0 Å². The summed E-state index contributed by atoms with van der Waals surface area (Å²) in [7, 11) is 0. The molecular weight excluding hydrogens is 334 g/mol. The number of fused-ring (bicyclic) bond motifs is 1. The van der Waals surface area contributed by atoms with Gasteiger partial charge >= 0.3 is 0 Å². The molecule has 0 radical (unpaired) electrons. The molecule has 0 saturated carbocycles. The van der Waals surface area contributed by atoms with Gasteiger partial charge in [-0.05, 0) is 31.5 Å². The lowest BCUT2D eigenvalue weighted by atomic mass is 10.0. The van der Waals surface area contributed by atoms with Crippen LogP contribution in [0.1, 0.15) is 29.3 Å². The molecule has 27 heavy (non-hydrogen) atoms. The molecule has 1 saturated heterocycles. The number of H-pyrrole nitrogens is 1. The van der Waals surface area contributed by atoms with E-state index in [4.69, 9.17) is 0 Å². The highest BCUT2D eigenvalue weighted by Crippen LogP contribution is 2.21. The van der Waals surface area contributed by atoms with Crippen LogP contribution in [0.15, 0.2) is 60.8 Å². The van der Waals surface area contributed by atoms with E-state index in [0.717, 1.165) is 55.6 Å². The highest BCUT2D eigenvalue weighted by molar-refractivity contribution is 6.10. The minimum atomic E-state index is -0.0964. The first kappa shape index (κ1) is 18.0. The number of carbonyl (C=O) groups is 1. The molecule has 1 aliphatic rings. The van der Waals surface area contributed by atoms with Crippen molar-refractivity contribution in [1.82, 2.24) is 14.8 Å². The number of rotatable bonds is 5. The Kier molecular flexibility index (Phi) is 5.37. The van der Waals surface area contributed by atoms with Gasteiger partial charge in [-0.25, -0.2) is 0 Å². The number of ketones is 1. The normalized spacial score (nSPS) is 17.7. The summed E-state index contributed by atoms with van der Waals surface area (Å²) in [6, 6.07) is 18.6. The second-order valence-corrected chi connectivity index (χ2v) is 7.44. The summed E-state index contributed by atoms with van der Waals surface area (Å²) >= 11 is 0. The van der Waals surface area contributed by atoms with Crippen LogP contribution in [0.4, 0.5) is 0 Å². The van der Waals surface area contributed by atoms with Crippen LogP contribution in [-0.2, 0) is 6.54 Å². The molecule has 3 aromatic rings. The molecule has 0 amide bonds. The Bertz CT molecular complexity index is 902. The van der Waals surface area contributed by atoms with E-state index in [2.05, 4.69) is 52.0 Å². The highest BCUT2D eigenvalue weighted by atomic mass is 16.1. The van der Waals surface area contributed by atoms with Crippen LogP contribution in [0.3, 0.4) is 0 Å². The lowest BCUT2D eigenvalue weighted by molar-refractivity contribution is 0.0844. The molecule has 0 bridgehead atoms. The van der Waals surface area contributed by atoms with E-state index in [9.17, 15) is 4.79 Å². The summed E-state index contributed by atoms with van der Waals surface area (Å²) in [6.45, 7) is 7.03. The van der Waals surface area contributed by atoms with Gasteiger partial charge in [0.1, 0.15) is 0 Å². The van der Waals surface area contributed by atoms with E-state index in [1.807, 2.05) is 30.5 Å². The average Bonchev–Trinajstić information content (AvgIpc) is 3.00. The van der Waals surface area contributed by atoms with E-state index in [1.54, 1.807) is 0 Å². The molecule has 2 heterocycles. The number of nitrogens with zero attached hydrogens (tertiary/aromatic N) is 2. The number of para-hydroxylation sites is 1. The summed E-state index contributed by atoms with van der Waals surface area (Å²) in [5, 5.41) is 1.02. The molecule has 1 unspecified atom stereocenters. The zero-order valence-electron chi connectivity index (χ0n) is 15.9. The monoisotopic (exact) mass is 361 g/mol. The van der Waals surface area contributed by atoms with E-state index in [-0.39, 0.29) is 11.8 Å². The third-order valence-electron chi connectivity index (χ3n) is 5.65. The van der Waals surface area contributed by atoms with Crippen LogP contribution >= 0.6 is 0 Å². The molecule has 140 valence electrons. The SMILES string of the molecule is CC(C(=O)c1c[nH]c2ccccc12)N1CCCN(Cc2ccccc2)CC1. The van der Waals surface area contributed by atoms with Crippen molar-refractivity contribution in [3.63, 3.8) is 0 Å². The molecule has 0 spiro atoms. The average molecular weight is 361 g/mol. The first-order valence-electron chi connectivity index (χ1n) is 9.83. The van der Waals surface area contributed by atoms with Crippen LogP contribution in [-0.4, -0.2) is 52.8 Å². The Labute approximate surface area is 160 Å². The summed E-state index contributed by atoms with van der Waals surface area (Å²) in [4.78, 5) is 21.2. The maximum Gasteiger partial charge on any atom is 0.181 e. The van der Waals surface area contributed by atoms with E-state index < -0.39 is 0 Å². The quantitative estimate of drug-likeness (QED) is 0.700. The lowest BCUT2D eigenvalue weighted by Gasteiger charge is -2.26. The number of hydrogen-bond acceptors (Lipinski definition) is 3. The predicted octanol–water partition coefficient (Wildman–Crippen LogP) is 3.95. The molecule has 1 aromatic heterocycles. The Morgan fingerprint density at radius 3 is 2.63 bits per heavy atom. The minimum Gasteiger partial charge on any atom is -0.360 e. The van der Waals surface area contributed by atoms with Gasteiger partial charge in [-0.3, -0.25) is 14.6 Å². The zero-order chi connectivity index (χ0) is 18.6.